The van der Waals surface area contributed by atoms with Crippen molar-refractivity contribution in [3.8, 4) is 0 Å². The Balaban J connectivity index is 2.29. The van der Waals surface area contributed by atoms with Crippen LogP contribution < -0.4 is 4.90 Å². The van der Waals surface area contributed by atoms with Crippen LogP contribution in [0.1, 0.15) is 12.5 Å². The van der Waals surface area contributed by atoms with Gasteiger partial charge in [-0.2, -0.15) is 0 Å². The fraction of sp³-hybridized carbons (Fsp3) is 0.200. The van der Waals surface area contributed by atoms with Crippen molar-refractivity contribution in [2.24, 2.45) is 0 Å². The average Bonchev–Trinajstić information content (AvgIpc) is 2.59. The summed E-state index contributed by atoms with van der Waals surface area (Å²) in [7, 11) is 2.15. The molecular weight excluding hydrogens is 194 g/mol. The minimum absolute atomic E-state index is 0.392. The molecule has 3 rings (SSSR count). The average molecular weight is 209 g/mol. The van der Waals surface area contributed by atoms with Crippen LogP contribution in [0.2, 0.25) is 0 Å². The number of hydrogen-bond donors (Lipinski definition) is 0. The summed E-state index contributed by atoms with van der Waals surface area (Å²) in [6.07, 6.45) is 4.37. The van der Waals surface area contributed by atoms with Crippen molar-refractivity contribution in [3.05, 3.63) is 59.7 Å². The van der Waals surface area contributed by atoms with E-state index in [1.165, 1.54) is 22.4 Å². The molecule has 1 heteroatoms. The van der Waals surface area contributed by atoms with Gasteiger partial charge >= 0.3 is 0 Å². The molecule has 16 heavy (non-hydrogen) atoms. The molecule has 0 saturated carbocycles. The van der Waals surface area contributed by atoms with Gasteiger partial charge in [0.2, 0.25) is 0 Å². The summed E-state index contributed by atoms with van der Waals surface area (Å²) in [5.41, 5.74) is 6.56. The van der Waals surface area contributed by atoms with Gasteiger partial charge in [0, 0.05) is 18.3 Å². The fourth-order valence-electron chi connectivity index (χ4n) is 2.67. The summed E-state index contributed by atoms with van der Waals surface area (Å²) < 4.78 is 0. The summed E-state index contributed by atoms with van der Waals surface area (Å²) in [6.45, 7) is 6.26. The molecule has 1 unspecified atom stereocenters. The van der Waals surface area contributed by atoms with Crippen LogP contribution in [0.3, 0.4) is 0 Å². The molecule has 2 aliphatic rings. The van der Waals surface area contributed by atoms with Crippen LogP contribution in [0.5, 0.6) is 0 Å². The lowest BCUT2D eigenvalue weighted by atomic mass is 9.89. The Labute approximate surface area is 96.4 Å². The predicted molar refractivity (Wildman–Crippen MR) is 69.5 cm³/mol. The maximum Gasteiger partial charge on any atom is 0.0736 e. The van der Waals surface area contributed by atoms with Crippen LogP contribution in [0.15, 0.2) is 54.1 Å². The van der Waals surface area contributed by atoms with Gasteiger partial charge in [-0.15, -0.1) is 0 Å². The van der Waals surface area contributed by atoms with Crippen molar-refractivity contribution in [2.45, 2.75) is 13.0 Å². The minimum atomic E-state index is 0.392. The molecule has 0 spiro atoms. The molecule has 1 atom stereocenters. The summed E-state index contributed by atoms with van der Waals surface area (Å²) in [5.74, 6) is 0. The van der Waals surface area contributed by atoms with E-state index in [4.69, 9.17) is 0 Å². The number of benzene rings is 1. The summed E-state index contributed by atoms with van der Waals surface area (Å²) >= 11 is 0. The van der Waals surface area contributed by atoms with E-state index >= 15 is 0 Å². The van der Waals surface area contributed by atoms with Crippen molar-refractivity contribution in [2.75, 3.05) is 11.9 Å². The first-order valence-corrected chi connectivity index (χ1v) is 5.60. The third kappa shape index (κ3) is 1.06. The molecule has 0 N–H and O–H groups in total. The Kier molecular flexibility index (Phi) is 1.84. The topological polar surface area (TPSA) is 3.24 Å². The van der Waals surface area contributed by atoms with Crippen molar-refractivity contribution < 1.29 is 0 Å². The number of likely N-dealkylation sites (N-methyl/N-ethyl adjacent to an activating group) is 1. The fourth-order valence-corrected chi connectivity index (χ4v) is 2.67. The Morgan fingerprint density at radius 2 is 2.00 bits per heavy atom. The molecule has 1 aromatic carbocycles. The molecule has 1 nitrogen and oxygen atoms in total. The number of rotatable bonds is 0. The predicted octanol–water partition coefficient (Wildman–Crippen LogP) is 3.40. The number of fused-ring (bicyclic) bond motifs is 3. The zero-order valence-corrected chi connectivity index (χ0v) is 9.70. The first-order chi connectivity index (χ1) is 7.70. The van der Waals surface area contributed by atoms with Crippen molar-refractivity contribution >= 4 is 11.3 Å². The summed E-state index contributed by atoms with van der Waals surface area (Å²) in [6, 6.07) is 8.99. The Morgan fingerprint density at radius 3 is 2.81 bits per heavy atom. The van der Waals surface area contributed by atoms with Crippen LogP contribution in [-0.2, 0) is 0 Å². The van der Waals surface area contributed by atoms with E-state index in [9.17, 15) is 0 Å². The highest BCUT2D eigenvalue weighted by atomic mass is 15.2. The third-order valence-corrected chi connectivity index (χ3v) is 3.65. The highest BCUT2D eigenvalue weighted by molar-refractivity contribution is 5.93. The number of anilines is 1. The van der Waals surface area contributed by atoms with E-state index in [2.05, 4.69) is 61.9 Å². The molecule has 0 aromatic heterocycles. The van der Waals surface area contributed by atoms with E-state index in [-0.39, 0.29) is 0 Å². The summed E-state index contributed by atoms with van der Waals surface area (Å²) in [5, 5.41) is 0. The smallest absolute Gasteiger partial charge is 0.0736 e. The first-order valence-electron chi connectivity index (χ1n) is 5.60. The highest BCUT2D eigenvalue weighted by Gasteiger charge is 2.32. The van der Waals surface area contributed by atoms with Crippen molar-refractivity contribution in [1.29, 1.82) is 0 Å². The molecule has 80 valence electrons. The van der Waals surface area contributed by atoms with Gasteiger partial charge in [-0.05, 0) is 29.7 Å². The second kappa shape index (κ2) is 3.11. The Hall–Kier alpha value is -1.76. The van der Waals surface area contributed by atoms with Crippen molar-refractivity contribution in [3.63, 3.8) is 0 Å². The normalized spacial score (nSPS) is 22.5. The molecule has 0 bridgehead atoms. The largest absolute Gasteiger partial charge is 0.364 e. The third-order valence-electron chi connectivity index (χ3n) is 3.65. The molecule has 1 aliphatic carbocycles. The lowest BCUT2D eigenvalue weighted by molar-refractivity contribution is 0.934. The first kappa shape index (κ1) is 9.46. The number of para-hydroxylation sites is 1. The van der Waals surface area contributed by atoms with Crippen LogP contribution in [0.4, 0.5) is 5.69 Å². The quantitative estimate of drug-likeness (QED) is 0.633. The maximum absolute atomic E-state index is 4.09. The molecule has 0 fully saturated rings. The second-order valence-electron chi connectivity index (χ2n) is 4.50. The lowest BCUT2D eigenvalue weighted by Gasteiger charge is -2.24. The van der Waals surface area contributed by atoms with E-state index in [0.717, 1.165) is 5.57 Å². The summed E-state index contributed by atoms with van der Waals surface area (Å²) in [4.78, 5) is 2.33. The SMILES string of the molecule is C=C1C=CC2C(=C1C)c1ccccc1N2C. The number of allylic oxidation sites excluding steroid dienone is 3. The van der Waals surface area contributed by atoms with Crippen LogP contribution in [0, 0.1) is 0 Å². The van der Waals surface area contributed by atoms with Gasteiger partial charge in [0.15, 0.2) is 0 Å². The maximum atomic E-state index is 4.09. The van der Waals surface area contributed by atoms with Crippen molar-refractivity contribution in [1.82, 2.24) is 0 Å². The van der Waals surface area contributed by atoms with Gasteiger partial charge in [-0.3, -0.25) is 0 Å². The van der Waals surface area contributed by atoms with Crippen LogP contribution >= 0.6 is 0 Å². The van der Waals surface area contributed by atoms with E-state index in [0.29, 0.717) is 6.04 Å². The zero-order chi connectivity index (χ0) is 11.3. The molecule has 1 heterocycles. The lowest BCUT2D eigenvalue weighted by Crippen LogP contribution is -2.26. The van der Waals surface area contributed by atoms with Gasteiger partial charge < -0.3 is 4.90 Å². The molecule has 0 radical (unpaired) electrons. The Morgan fingerprint density at radius 1 is 1.25 bits per heavy atom. The Bertz CT molecular complexity index is 534. The standard InChI is InChI=1S/C15H15N/c1-10-8-9-14-15(11(10)2)12-6-4-5-7-13(12)16(14)3/h4-9,14H,1H2,2-3H3. The molecule has 0 saturated heterocycles. The van der Waals surface area contributed by atoms with Crippen LogP contribution in [-0.4, -0.2) is 13.1 Å². The zero-order valence-electron chi connectivity index (χ0n) is 9.70. The monoisotopic (exact) mass is 209 g/mol. The molecular formula is C15H15N. The van der Waals surface area contributed by atoms with E-state index in [1.807, 2.05) is 0 Å². The van der Waals surface area contributed by atoms with E-state index in [1.54, 1.807) is 0 Å². The number of nitrogens with zero attached hydrogens (tertiary/aromatic N) is 1. The minimum Gasteiger partial charge on any atom is -0.364 e. The second-order valence-corrected chi connectivity index (χ2v) is 4.50. The molecule has 0 amide bonds. The van der Waals surface area contributed by atoms with Gasteiger partial charge in [0.05, 0.1) is 6.04 Å². The highest BCUT2D eigenvalue weighted by Crippen LogP contribution is 2.44. The van der Waals surface area contributed by atoms with Gasteiger partial charge in [-0.25, -0.2) is 0 Å². The van der Waals surface area contributed by atoms with Gasteiger partial charge in [0.1, 0.15) is 0 Å². The van der Waals surface area contributed by atoms with Gasteiger partial charge in [-0.1, -0.05) is 36.9 Å². The number of hydrogen-bond acceptors (Lipinski definition) is 1. The molecule has 1 aliphatic heterocycles. The van der Waals surface area contributed by atoms with Gasteiger partial charge in [0.25, 0.3) is 0 Å². The molecule has 1 aromatic rings. The van der Waals surface area contributed by atoms with Crippen LogP contribution in [0.25, 0.3) is 5.57 Å². The van der Waals surface area contributed by atoms with E-state index < -0.39 is 0 Å².